The van der Waals surface area contributed by atoms with Gasteiger partial charge in [-0.2, -0.15) is 13.2 Å². The van der Waals surface area contributed by atoms with Crippen molar-refractivity contribution < 1.29 is 27.2 Å². The maximum absolute atomic E-state index is 14.1. The van der Waals surface area contributed by atoms with Crippen LogP contribution < -0.4 is 5.73 Å². The van der Waals surface area contributed by atoms with Gasteiger partial charge in [0.2, 0.25) is 5.91 Å². The molecule has 2 N–H and O–H groups in total. The Morgan fingerprint density at radius 1 is 1.10 bits per heavy atom. The van der Waals surface area contributed by atoms with Gasteiger partial charge in [0.15, 0.2) is 0 Å². The number of hydrogen-bond acceptors (Lipinski definition) is 3. The number of alkyl halides is 3. The highest BCUT2D eigenvalue weighted by Crippen LogP contribution is 2.41. The van der Waals surface area contributed by atoms with Gasteiger partial charge in [-0.15, -0.1) is 0 Å². The highest BCUT2D eigenvalue weighted by atomic mass is 19.4. The number of carbonyl (C=O) groups excluding carboxylic acids is 2. The third kappa shape index (κ3) is 4.49. The number of amides is 3. The van der Waals surface area contributed by atoms with E-state index < -0.39 is 17.6 Å². The first-order chi connectivity index (χ1) is 14.6. The maximum Gasteiger partial charge on any atom is 0.416 e. The molecule has 31 heavy (non-hydrogen) atoms. The Balaban J connectivity index is 1.26. The van der Waals surface area contributed by atoms with Gasteiger partial charge in [0.1, 0.15) is 5.82 Å². The molecule has 0 aliphatic carbocycles. The quantitative estimate of drug-likeness (QED) is 0.732. The van der Waals surface area contributed by atoms with E-state index >= 15 is 0 Å². The van der Waals surface area contributed by atoms with Gasteiger partial charge in [0, 0.05) is 51.4 Å². The summed E-state index contributed by atoms with van der Waals surface area (Å²) in [5.41, 5.74) is 4.68. The largest absolute Gasteiger partial charge is 0.416 e. The van der Waals surface area contributed by atoms with Gasteiger partial charge in [-0.1, -0.05) is 6.07 Å². The van der Waals surface area contributed by atoms with Crippen molar-refractivity contribution in [2.75, 3.05) is 39.3 Å². The molecule has 1 atom stereocenters. The van der Waals surface area contributed by atoms with E-state index in [0.29, 0.717) is 38.7 Å². The Kier molecular flexibility index (Phi) is 5.61. The zero-order valence-electron chi connectivity index (χ0n) is 17.1. The first-order valence-corrected chi connectivity index (χ1v) is 10.5. The first-order valence-electron chi connectivity index (χ1n) is 10.5. The molecule has 3 heterocycles. The van der Waals surface area contributed by atoms with Gasteiger partial charge < -0.3 is 15.5 Å². The van der Waals surface area contributed by atoms with E-state index in [2.05, 4.69) is 0 Å². The number of primary amides is 1. The molecule has 10 heteroatoms. The number of likely N-dealkylation sites (tertiary alicyclic amines) is 3. The molecule has 1 spiro atoms. The fourth-order valence-corrected chi connectivity index (χ4v) is 4.96. The minimum absolute atomic E-state index is 0.0541. The number of nitrogens with two attached hydrogens (primary N) is 1. The lowest BCUT2D eigenvalue weighted by molar-refractivity contribution is -0.137. The maximum atomic E-state index is 14.1. The number of rotatable bonds is 3. The van der Waals surface area contributed by atoms with Gasteiger partial charge in [-0.05, 0) is 36.8 Å². The van der Waals surface area contributed by atoms with E-state index in [-0.39, 0.29) is 35.4 Å². The highest BCUT2D eigenvalue weighted by molar-refractivity contribution is 5.80. The third-order valence-electron chi connectivity index (χ3n) is 6.85. The molecule has 0 saturated carbocycles. The van der Waals surface area contributed by atoms with E-state index in [1.807, 2.05) is 9.80 Å². The normalized spacial score (nSPS) is 23.8. The summed E-state index contributed by atoms with van der Waals surface area (Å²) >= 11 is 0. The fourth-order valence-electron chi connectivity index (χ4n) is 4.96. The predicted octanol–water partition coefficient (Wildman–Crippen LogP) is 2.67. The van der Waals surface area contributed by atoms with Crippen LogP contribution in [0.2, 0.25) is 0 Å². The number of hydrogen-bond donors (Lipinski definition) is 1. The molecule has 3 amide bonds. The molecule has 3 aliphatic rings. The van der Waals surface area contributed by atoms with Gasteiger partial charge in [0.05, 0.1) is 11.5 Å². The molecule has 6 nitrogen and oxygen atoms in total. The summed E-state index contributed by atoms with van der Waals surface area (Å²) in [5, 5.41) is 0. The number of benzene rings is 1. The van der Waals surface area contributed by atoms with E-state index in [4.69, 9.17) is 5.73 Å². The average molecular weight is 442 g/mol. The summed E-state index contributed by atoms with van der Waals surface area (Å²) in [5.74, 6) is -1.48. The van der Waals surface area contributed by atoms with Gasteiger partial charge >= 0.3 is 12.2 Å². The molecule has 1 aromatic carbocycles. The molecule has 170 valence electrons. The molecule has 4 rings (SSSR count). The number of halogens is 4. The Morgan fingerprint density at radius 2 is 1.77 bits per heavy atom. The van der Waals surface area contributed by atoms with Crippen LogP contribution in [0.3, 0.4) is 0 Å². The molecule has 3 aliphatic heterocycles. The minimum Gasteiger partial charge on any atom is -0.369 e. The number of urea groups is 1. The lowest BCUT2D eigenvalue weighted by atomic mass is 9.72. The molecule has 1 aromatic rings. The van der Waals surface area contributed by atoms with Gasteiger partial charge in [0.25, 0.3) is 0 Å². The summed E-state index contributed by atoms with van der Waals surface area (Å²) in [6.07, 6.45) is -2.29. The smallest absolute Gasteiger partial charge is 0.369 e. The minimum atomic E-state index is -4.55. The number of piperidine rings is 1. The fraction of sp³-hybridized carbons (Fsp3) is 0.619. The van der Waals surface area contributed by atoms with Crippen molar-refractivity contribution in [2.24, 2.45) is 17.1 Å². The van der Waals surface area contributed by atoms with Gasteiger partial charge in [-0.3, -0.25) is 9.69 Å². The first kappa shape index (κ1) is 21.9. The Morgan fingerprint density at radius 3 is 2.32 bits per heavy atom. The van der Waals surface area contributed by atoms with Crippen molar-refractivity contribution in [1.29, 1.82) is 0 Å². The standard InChI is InChI=1S/C21H26F4N4O2/c22-17-9-16(21(23,24)25)2-1-14(17)10-27-12-20(13-27)4-7-28(8-5-20)19(31)29-6-3-15(11-29)18(26)30/h1-2,9,15H,3-8,10-13H2,(H2,26,30)/t15-/m1/s1. The van der Waals surface area contributed by atoms with Crippen LogP contribution in [0.25, 0.3) is 0 Å². The monoisotopic (exact) mass is 442 g/mol. The second-order valence-corrected chi connectivity index (χ2v) is 9.05. The third-order valence-corrected chi connectivity index (χ3v) is 6.85. The van der Waals surface area contributed by atoms with E-state index in [1.54, 1.807) is 4.90 Å². The van der Waals surface area contributed by atoms with Gasteiger partial charge in [-0.25, -0.2) is 9.18 Å². The van der Waals surface area contributed by atoms with Crippen LogP contribution in [0.4, 0.5) is 22.4 Å². The van der Waals surface area contributed by atoms with Crippen molar-refractivity contribution in [1.82, 2.24) is 14.7 Å². The van der Waals surface area contributed by atoms with Crippen LogP contribution in [0.1, 0.15) is 30.4 Å². The van der Waals surface area contributed by atoms with Crippen LogP contribution >= 0.6 is 0 Å². The van der Waals surface area contributed by atoms with E-state index in [0.717, 1.165) is 32.0 Å². The topological polar surface area (TPSA) is 69.9 Å². The van der Waals surface area contributed by atoms with Crippen LogP contribution in [0.5, 0.6) is 0 Å². The molecule has 3 fully saturated rings. The van der Waals surface area contributed by atoms with Crippen molar-refractivity contribution >= 4 is 11.9 Å². The molecule has 0 radical (unpaired) electrons. The van der Waals surface area contributed by atoms with Crippen molar-refractivity contribution in [3.63, 3.8) is 0 Å². The molecule has 3 saturated heterocycles. The van der Waals surface area contributed by atoms with Crippen molar-refractivity contribution in [2.45, 2.75) is 32.0 Å². The SMILES string of the molecule is NC(=O)[C@@H]1CCN(C(=O)N2CCC3(CC2)CN(Cc2ccc(C(F)(F)F)cc2F)C3)C1. The molecule has 0 aromatic heterocycles. The van der Waals surface area contributed by atoms with Crippen LogP contribution in [0, 0.1) is 17.2 Å². The van der Waals surface area contributed by atoms with E-state index in [1.165, 1.54) is 6.07 Å². The second-order valence-electron chi connectivity index (χ2n) is 9.05. The molecule has 0 unspecified atom stereocenters. The summed E-state index contributed by atoms with van der Waals surface area (Å²) in [6.45, 7) is 3.92. The lowest BCUT2D eigenvalue weighted by Gasteiger charge is -2.54. The number of carbonyl (C=O) groups is 2. The van der Waals surface area contributed by atoms with Crippen LogP contribution in [-0.2, 0) is 17.5 Å². The zero-order valence-corrected chi connectivity index (χ0v) is 17.1. The average Bonchev–Trinajstić information content (AvgIpc) is 3.18. The number of nitrogens with zero attached hydrogens (tertiary/aromatic N) is 3. The predicted molar refractivity (Wildman–Crippen MR) is 104 cm³/mol. The van der Waals surface area contributed by atoms with Crippen molar-refractivity contribution in [3.05, 3.63) is 35.1 Å². The molecular formula is C21H26F4N4O2. The second kappa shape index (κ2) is 7.96. The summed E-state index contributed by atoms with van der Waals surface area (Å²) in [4.78, 5) is 29.5. The van der Waals surface area contributed by atoms with Crippen LogP contribution in [-0.4, -0.2) is 65.9 Å². The molecular weight excluding hydrogens is 416 g/mol. The Labute approximate surface area is 177 Å². The summed E-state index contributed by atoms with van der Waals surface area (Å²) in [6, 6.07) is 2.62. The lowest BCUT2D eigenvalue weighted by Crippen LogP contribution is -2.61. The van der Waals surface area contributed by atoms with Crippen molar-refractivity contribution in [3.8, 4) is 0 Å². The van der Waals surface area contributed by atoms with Crippen LogP contribution in [0.15, 0.2) is 18.2 Å². The molecule has 0 bridgehead atoms. The Bertz CT molecular complexity index is 859. The highest BCUT2D eigenvalue weighted by Gasteiger charge is 2.46. The zero-order chi connectivity index (χ0) is 22.4. The van der Waals surface area contributed by atoms with E-state index in [9.17, 15) is 27.2 Å². The Hall–Kier alpha value is -2.36. The summed E-state index contributed by atoms with van der Waals surface area (Å²) in [7, 11) is 0. The summed E-state index contributed by atoms with van der Waals surface area (Å²) < 4.78 is 52.2.